The molecule has 0 fully saturated rings. The number of aromatic nitrogens is 1. The van der Waals surface area contributed by atoms with Crippen LogP contribution in [0.1, 0.15) is 17.0 Å². The topological polar surface area (TPSA) is 101 Å². The molecule has 1 aliphatic heterocycles. The lowest BCUT2D eigenvalue weighted by Crippen LogP contribution is -2.40. The van der Waals surface area contributed by atoms with E-state index in [1.165, 1.54) is 10.6 Å². The van der Waals surface area contributed by atoms with Crippen molar-refractivity contribution in [1.29, 1.82) is 5.26 Å². The second kappa shape index (κ2) is 11.5. The largest absolute Gasteiger partial charge is 0.384 e. The zero-order valence-corrected chi connectivity index (χ0v) is 25.4. The molecule has 0 saturated carbocycles. The molecule has 2 heterocycles. The number of fused-ring (bicyclic) bond motifs is 1. The molecular weight excluding hydrogens is 678 g/mol. The van der Waals surface area contributed by atoms with Gasteiger partial charge in [0.1, 0.15) is 10.5 Å². The van der Waals surface area contributed by atoms with E-state index in [1.807, 2.05) is 0 Å². The highest BCUT2D eigenvalue weighted by Crippen LogP contribution is 2.40. The van der Waals surface area contributed by atoms with Gasteiger partial charge in [-0.05, 0) is 65.7 Å². The Kier molecular flexibility index (Phi) is 8.16. The van der Waals surface area contributed by atoms with Gasteiger partial charge in [0, 0.05) is 30.3 Å². The number of anilines is 1. The molecule has 1 unspecified atom stereocenters. The minimum atomic E-state index is -0.977. The summed E-state index contributed by atoms with van der Waals surface area (Å²) >= 11 is 29.5. The highest BCUT2D eigenvalue weighted by atomic mass is 79.9. The monoisotopic (exact) mass is 690 g/mol. The van der Waals surface area contributed by atoms with Crippen molar-refractivity contribution in [3.05, 3.63) is 121 Å². The summed E-state index contributed by atoms with van der Waals surface area (Å²) in [7, 11) is 0. The van der Waals surface area contributed by atoms with E-state index in [1.54, 1.807) is 60.7 Å². The molecule has 1 amide bonds. The van der Waals surface area contributed by atoms with Crippen LogP contribution >= 0.6 is 73.7 Å². The van der Waals surface area contributed by atoms with E-state index < -0.39 is 17.4 Å². The quantitative estimate of drug-likeness (QED) is 0.260. The second-order valence-electron chi connectivity index (χ2n) is 8.61. The third-order valence-electron chi connectivity index (χ3n) is 6.14. The number of benzene rings is 3. The molecule has 200 valence electrons. The fourth-order valence-corrected chi connectivity index (χ4v) is 6.72. The van der Waals surface area contributed by atoms with E-state index in [4.69, 9.17) is 52.1 Å². The Labute approximate surface area is 260 Å². The molecule has 0 radical (unpaired) electrons. The smallest absolute Gasteiger partial charge is 0.274 e. The van der Waals surface area contributed by atoms with Crippen molar-refractivity contribution in [2.45, 2.75) is 5.92 Å². The number of carbonyl (C=O) groups is 1. The molecule has 0 aliphatic carbocycles. The van der Waals surface area contributed by atoms with E-state index in [-0.39, 0.29) is 31.2 Å². The molecule has 40 heavy (non-hydrogen) atoms. The second-order valence-corrected chi connectivity index (χ2v) is 12.2. The maximum Gasteiger partial charge on any atom is 0.274 e. The maximum atomic E-state index is 14.0. The first kappa shape index (κ1) is 28.5. The van der Waals surface area contributed by atoms with Gasteiger partial charge in [-0.15, -0.1) is 11.3 Å². The summed E-state index contributed by atoms with van der Waals surface area (Å²) < 4.78 is 2.51. The van der Waals surface area contributed by atoms with Crippen molar-refractivity contribution >= 4 is 103 Å². The molecule has 1 aliphatic rings. The lowest BCUT2D eigenvalue weighted by Gasteiger charge is -2.26. The van der Waals surface area contributed by atoms with Gasteiger partial charge in [0.25, 0.3) is 11.5 Å². The number of halogens is 5. The van der Waals surface area contributed by atoms with Crippen LogP contribution in [0.3, 0.4) is 0 Å². The van der Waals surface area contributed by atoms with Crippen LogP contribution in [0, 0.1) is 11.3 Å². The zero-order chi connectivity index (χ0) is 28.7. The summed E-state index contributed by atoms with van der Waals surface area (Å²) in [6.45, 7) is 0. The van der Waals surface area contributed by atoms with Crippen LogP contribution in [0.15, 0.2) is 75.5 Å². The Morgan fingerprint density at radius 2 is 1.68 bits per heavy atom. The SMILES string of the molecule is N#CC1=C(N)n2c(s/c(=C\c3ccc(Cl)cc3Cl)c2=O)=C(C(=O)Nc2ccc(Br)cc2)C1c1ccc(Cl)cc1Cl. The summed E-state index contributed by atoms with van der Waals surface area (Å²) in [4.78, 5) is 27.6. The molecule has 3 N–H and O–H groups in total. The fourth-order valence-electron chi connectivity index (χ4n) is 4.31. The van der Waals surface area contributed by atoms with Gasteiger partial charge in [-0.2, -0.15) is 5.26 Å². The van der Waals surface area contributed by atoms with E-state index >= 15 is 0 Å². The minimum absolute atomic E-state index is 0.00588. The van der Waals surface area contributed by atoms with Gasteiger partial charge < -0.3 is 11.1 Å². The number of nitrogens with one attached hydrogen (secondary N) is 1. The summed E-state index contributed by atoms with van der Waals surface area (Å²) in [6, 6.07) is 18.7. The number of nitrogens with two attached hydrogens (primary N) is 1. The molecular formula is C28H15BrCl4N4O2S. The number of nitriles is 1. The van der Waals surface area contributed by atoms with Crippen molar-refractivity contribution in [2.75, 3.05) is 5.32 Å². The number of hydrogen-bond donors (Lipinski definition) is 2. The van der Waals surface area contributed by atoms with Gasteiger partial charge in [0.2, 0.25) is 0 Å². The number of rotatable bonds is 4. The average molecular weight is 693 g/mol. The summed E-state index contributed by atoms with van der Waals surface area (Å²) in [6.07, 6.45) is 1.59. The van der Waals surface area contributed by atoms with Crippen LogP contribution in [0.2, 0.25) is 20.1 Å². The molecule has 0 spiro atoms. The molecule has 6 nitrogen and oxygen atoms in total. The van der Waals surface area contributed by atoms with Gasteiger partial charge in [-0.3, -0.25) is 14.2 Å². The van der Waals surface area contributed by atoms with Crippen molar-refractivity contribution in [3.8, 4) is 6.07 Å². The molecule has 0 saturated heterocycles. The number of hydrogen-bond acceptors (Lipinski definition) is 5. The number of nitrogens with zero attached hydrogens (tertiary/aromatic N) is 2. The van der Waals surface area contributed by atoms with Crippen molar-refractivity contribution < 1.29 is 4.79 Å². The molecule has 5 rings (SSSR count). The predicted octanol–water partition coefficient (Wildman–Crippen LogP) is 6.35. The lowest BCUT2D eigenvalue weighted by molar-refractivity contribution is -0.111. The van der Waals surface area contributed by atoms with E-state index in [2.05, 4.69) is 27.3 Å². The lowest BCUT2D eigenvalue weighted by atomic mass is 9.83. The third kappa shape index (κ3) is 5.34. The average Bonchev–Trinajstić information content (AvgIpc) is 3.22. The number of allylic oxidation sites excluding steroid dienone is 1. The zero-order valence-electron chi connectivity index (χ0n) is 20.0. The van der Waals surface area contributed by atoms with Crippen LogP contribution < -0.4 is 25.8 Å². The third-order valence-corrected chi connectivity index (χ3v) is 8.90. The predicted molar refractivity (Wildman–Crippen MR) is 166 cm³/mol. The minimum Gasteiger partial charge on any atom is -0.384 e. The Hall–Kier alpha value is -3.03. The summed E-state index contributed by atoms with van der Waals surface area (Å²) in [5, 5.41) is 14.5. The fraction of sp³-hybridized carbons (Fsp3) is 0.0357. The summed E-state index contributed by atoms with van der Waals surface area (Å²) in [5.74, 6) is -1.61. The first-order valence-electron chi connectivity index (χ1n) is 11.4. The normalized spacial score (nSPS) is 15.2. The van der Waals surface area contributed by atoms with Crippen molar-refractivity contribution in [2.24, 2.45) is 5.73 Å². The first-order chi connectivity index (χ1) is 19.1. The molecule has 3 aromatic carbocycles. The molecule has 12 heteroatoms. The molecule has 1 atom stereocenters. The van der Waals surface area contributed by atoms with Crippen LogP contribution in [0.5, 0.6) is 0 Å². The van der Waals surface area contributed by atoms with Gasteiger partial charge in [0.05, 0.1) is 27.7 Å². The highest BCUT2D eigenvalue weighted by molar-refractivity contribution is 9.10. The number of carbonyl (C=O) groups excluding carboxylic acids is 1. The van der Waals surface area contributed by atoms with Crippen molar-refractivity contribution in [1.82, 2.24) is 4.57 Å². The Morgan fingerprint density at radius 1 is 1.02 bits per heavy atom. The standard InChI is InChI=1S/C28H15BrCl4N4O2S/c29-14-2-6-17(7-3-14)36-26(38)24-23(18-8-5-16(31)11-21(18)33)19(12-34)25(35)37-27(39)22(40-28(24)37)9-13-1-4-15(30)10-20(13)32/h1-11,23H,35H2,(H,36,38)/b22-9-. The van der Waals surface area contributed by atoms with Crippen LogP contribution in [0.25, 0.3) is 17.5 Å². The highest BCUT2D eigenvalue weighted by Gasteiger charge is 2.36. The van der Waals surface area contributed by atoms with E-state index in [0.29, 0.717) is 31.9 Å². The van der Waals surface area contributed by atoms with Crippen LogP contribution in [-0.4, -0.2) is 10.5 Å². The van der Waals surface area contributed by atoms with Gasteiger partial charge >= 0.3 is 0 Å². The Balaban J connectivity index is 1.83. The van der Waals surface area contributed by atoms with Crippen LogP contribution in [0.4, 0.5) is 5.69 Å². The number of amides is 1. The first-order valence-corrected chi connectivity index (χ1v) is 14.6. The summed E-state index contributed by atoms with van der Waals surface area (Å²) in [5.41, 5.74) is 7.55. The van der Waals surface area contributed by atoms with Crippen molar-refractivity contribution in [3.63, 3.8) is 0 Å². The van der Waals surface area contributed by atoms with E-state index in [0.717, 1.165) is 15.8 Å². The Morgan fingerprint density at radius 3 is 2.30 bits per heavy atom. The van der Waals surface area contributed by atoms with Crippen LogP contribution in [-0.2, 0) is 4.79 Å². The van der Waals surface area contributed by atoms with Gasteiger partial charge in [-0.25, -0.2) is 0 Å². The maximum absolute atomic E-state index is 14.0. The van der Waals surface area contributed by atoms with E-state index in [9.17, 15) is 14.9 Å². The molecule has 4 aromatic rings. The van der Waals surface area contributed by atoms with Gasteiger partial charge in [-0.1, -0.05) is 74.5 Å². The molecule has 0 bridgehead atoms. The molecule has 1 aromatic heterocycles. The van der Waals surface area contributed by atoms with Gasteiger partial charge in [0.15, 0.2) is 0 Å². The number of thiazole rings is 1. The Bertz CT molecular complexity index is 1960.